The molecule has 42 heavy (non-hydrogen) atoms. The fourth-order valence-electron chi connectivity index (χ4n) is 4.94. The van der Waals surface area contributed by atoms with Gasteiger partial charge in [0.25, 0.3) is 0 Å². The van der Waals surface area contributed by atoms with Gasteiger partial charge in [-0.2, -0.15) is 39.5 Å². The highest BCUT2D eigenvalue weighted by Crippen LogP contribution is 2.38. The number of nitrogens with two attached hydrogens (primary N) is 2. The first-order valence-electron chi connectivity index (χ1n) is 13.1. The summed E-state index contributed by atoms with van der Waals surface area (Å²) in [4.78, 5) is 7.32. The number of rotatable bonds is 8. The summed E-state index contributed by atoms with van der Waals surface area (Å²) < 4.78 is 122. The molecule has 1 aromatic heterocycles. The Balaban J connectivity index is 2.14. The number of guanidine groups is 1. The summed E-state index contributed by atoms with van der Waals surface area (Å²) in [5.74, 6) is 5.09. The number of hydrogen-bond donors (Lipinski definition) is 2. The SMILES string of the molecule is CCC(c1ncc(C(F)(F)F)cc1CN(Cc1cc(C(F)(F)F)cc(C(F)(F)F)c1)/C(N)=N/N(C)N)N1CCCCC1. The van der Waals surface area contributed by atoms with E-state index in [9.17, 15) is 39.5 Å². The molecular weight excluding hydrogens is 581 g/mol. The van der Waals surface area contributed by atoms with Crippen molar-refractivity contribution in [3.8, 4) is 0 Å². The van der Waals surface area contributed by atoms with Crippen LogP contribution in [-0.4, -0.2) is 46.0 Å². The minimum Gasteiger partial charge on any atom is -0.368 e. The van der Waals surface area contributed by atoms with E-state index in [-0.39, 0.29) is 17.7 Å². The molecule has 7 nitrogen and oxygen atoms in total. The molecule has 0 spiro atoms. The number of halogens is 9. The molecule has 1 aliphatic heterocycles. The first-order valence-corrected chi connectivity index (χ1v) is 13.1. The van der Waals surface area contributed by atoms with Crippen molar-refractivity contribution in [2.45, 2.75) is 70.3 Å². The number of aromatic nitrogens is 1. The van der Waals surface area contributed by atoms with E-state index in [2.05, 4.69) is 15.0 Å². The van der Waals surface area contributed by atoms with Crippen LogP contribution in [0.25, 0.3) is 0 Å². The number of pyridine rings is 1. The van der Waals surface area contributed by atoms with E-state index in [0.29, 0.717) is 43.5 Å². The lowest BCUT2D eigenvalue weighted by molar-refractivity contribution is -0.143. The molecule has 1 fully saturated rings. The number of piperidine rings is 1. The number of alkyl halides is 9. The average Bonchev–Trinajstić information content (AvgIpc) is 2.88. The van der Waals surface area contributed by atoms with Gasteiger partial charge in [0.2, 0.25) is 5.96 Å². The Hall–Kier alpha value is -3.27. The van der Waals surface area contributed by atoms with E-state index in [1.165, 1.54) is 7.05 Å². The Morgan fingerprint density at radius 3 is 1.90 bits per heavy atom. The second-order valence-corrected chi connectivity index (χ2v) is 10.1. The second kappa shape index (κ2) is 12.9. The zero-order chi connectivity index (χ0) is 31.5. The van der Waals surface area contributed by atoms with E-state index in [0.717, 1.165) is 35.3 Å². The molecule has 0 radical (unpaired) electrons. The van der Waals surface area contributed by atoms with Crippen LogP contribution in [0.2, 0.25) is 0 Å². The highest BCUT2D eigenvalue weighted by Gasteiger charge is 2.37. The summed E-state index contributed by atoms with van der Waals surface area (Å²) in [6, 6.07) is 1.52. The minimum absolute atomic E-state index is 0.0156. The van der Waals surface area contributed by atoms with Crippen molar-refractivity contribution >= 4 is 5.96 Å². The third-order valence-electron chi connectivity index (χ3n) is 6.83. The van der Waals surface area contributed by atoms with Crippen molar-refractivity contribution in [2.24, 2.45) is 16.7 Å². The summed E-state index contributed by atoms with van der Waals surface area (Å²) in [5.41, 5.74) is 1.78. The molecule has 16 heteroatoms. The lowest BCUT2D eigenvalue weighted by Gasteiger charge is -2.35. The molecule has 0 amide bonds. The van der Waals surface area contributed by atoms with Gasteiger partial charge in [0.1, 0.15) is 0 Å². The molecule has 0 bridgehead atoms. The van der Waals surface area contributed by atoms with Gasteiger partial charge in [0.05, 0.1) is 28.4 Å². The van der Waals surface area contributed by atoms with Crippen LogP contribution in [0.1, 0.15) is 72.2 Å². The van der Waals surface area contributed by atoms with Crippen LogP contribution < -0.4 is 11.6 Å². The van der Waals surface area contributed by atoms with E-state index < -0.39 is 59.8 Å². The Bertz CT molecular complexity index is 1200. The van der Waals surface area contributed by atoms with Gasteiger partial charge in [-0.15, -0.1) is 5.10 Å². The van der Waals surface area contributed by atoms with Crippen molar-refractivity contribution in [3.63, 3.8) is 0 Å². The first-order chi connectivity index (χ1) is 19.4. The largest absolute Gasteiger partial charge is 0.417 e. The first kappa shape index (κ1) is 33.2. The molecule has 1 saturated heterocycles. The van der Waals surface area contributed by atoms with Gasteiger partial charge in [-0.05, 0) is 67.7 Å². The highest BCUT2D eigenvalue weighted by atomic mass is 19.4. The summed E-state index contributed by atoms with van der Waals surface area (Å²) in [6.45, 7) is 2.11. The van der Waals surface area contributed by atoms with Crippen LogP contribution in [0, 0.1) is 0 Å². The fourth-order valence-corrected chi connectivity index (χ4v) is 4.94. The maximum Gasteiger partial charge on any atom is 0.417 e. The van der Waals surface area contributed by atoms with Gasteiger partial charge < -0.3 is 10.6 Å². The predicted octanol–water partition coefficient (Wildman–Crippen LogP) is 6.11. The van der Waals surface area contributed by atoms with Crippen LogP contribution in [0.5, 0.6) is 0 Å². The summed E-state index contributed by atoms with van der Waals surface area (Å²) >= 11 is 0. The number of hydrazine groups is 1. The maximum atomic E-state index is 13.7. The molecule has 3 rings (SSSR count). The second-order valence-electron chi connectivity index (χ2n) is 10.1. The molecule has 234 valence electrons. The molecule has 0 saturated carbocycles. The van der Waals surface area contributed by atoms with Crippen LogP contribution >= 0.6 is 0 Å². The Kier molecular flexibility index (Phi) is 10.2. The van der Waals surface area contributed by atoms with Gasteiger partial charge in [-0.1, -0.05) is 13.3 Å². The molecular formula is C26H32F9N7. The average molecular weight is 614 g/mol. The third kappa shape index (κ3) is 8.63. The van der Waals surface area contributed by atoms with Gasteiger partial charge in [-0.3, -0.25) is 9.88 Å². The van der Waals surface area contributed by atoms with Crippen LogP contribution in [-0.2, 0) is 31.6 Å². The lowest BCUT2D eigenvalue weighted by Crippen LogP contribution is -2.40. The Labute approximate surface area is 236 Å². The standard InChI is InChI=1S/C26H32F9N7/c1-3-21(41-7-5-4-6-8-41)22-17(11-20(13-38-22)26(33,34)35)15-42(23(36)39-40(2)37)14-16-9-18(24(27,28)29)12-19(10-16)25(30,31)32/h9-13,21H,3-8,14-15,37H2,1-2H3,(H2,36,39). The normalized spacial score (nSPS) is 16.4. The molecule has 2 heterocycles. The molecule has 4 N–H and O–H groups in total. The van der Waals surface area contributed by atoms with Crippen molar-refractivity contribution in [3.05, 3.63) is 64.0 Å². The summed E-state index contributed by atoms with van der Waals surface area (Å²) in [5, 5.41) is 4.56. The number of hydrogen-bond acceptors (Lipinski definition) is 5. The molecule has 1 aromatic carbocycles. The Morgan fingerprint density at radius 1 is 0.881 bits per heavy atom. The van der Waals surface area contributed by atoms with Crippen LogP contribution in [0.3, 0.4) is 0 Å². The monoisotopic (exact) mass is 613 g/mol. The number of benzene rings is 1. The van der Waals surface area contributed by atoms with Crippen molar-refractivity contribution in [1.29, 1.82) is 0 Å². The third-order valence-corrected chi connectivity index (χ3v) is 6.83. The number of nitrogens with zero attached hydrogens (tertiary/aromatic N) is 5. The zero-order valence-electron chi connectivity index (χ0n) is 22.9. The van der Waals surface area contributed by atoms with Gasteiger partial charge in [0.15, 0.2) is 0 Å². The van der Waals surface area contributed by atoms with Crippen LogP contribution in [0.15, 0.2) is 35.6 Å². The summed E-state index contributed by atoms with van der Waals surface area (Å²) in [7, 11) is 1.26. The molecule has 2 aromatic rings. The van der Waals surface area contributed by atoms with Gasteiger partial charge >= 0.3 is 18.5 Å². The number of hydrazone groups is 1. The van der Waals surface area contributed by atoms with Crippen molar-refractivity contribution < 1.29 is 39.5 Å². The van der Waals surface area contributed by atoms with E-state index in [4.69, 9.17) is 11.6 Å². The van der Waals surface area contributed by atoms with Gasteiger partial charge in [-0.25, -0.2) is 11.0 Å². The van der Waals surface area contributed by atoms with Gasteiger partial charge in [0, 0.05) is 26.3 Å². The zero-order valence-corrected chi connectivity index (χ0v) is 22.9. The highest BCUT2D eigenvalue weighted by molar-refractivity contribution is 5.77. The Morgan fingerprint density at radius 2 is 1.43 bits per heavy atom. The fraction of sp³-hybridized carbons (Fsp3) is 0.538. The lowest BCUT2D eigenvalue weighted by atomic mass is 9.98. The van der Waals surface area contributed by atoms with E-state index in [1.54, 1.807) is 0 Å². The van der Waals surface area contributed by atoms with Crippen molar-refractivity contribution in [2.75, 3.05) is 20.1 Å². The molecule has 1 unspecified atom stereocenters. The van der Waals surface area contributed by atoms with Crippen molar-refractivity contribution in [1.82, 2.24) is 19.9 Å². The smallest absolute Gasteiger partial charge is 0.368 e. The quantitative estimate of drug-likeness (QED) is 0.123. The van der Waals surface area contributed by atoms with E-state index >= 15 is 0 Å². The minimum atomic E-state index is -5.10. The molecule has 0 aliphatic carbocycles. The molecule has 1 aliphatic rings. The topological polar surface area (TPSA) is 87.0 Å². The van der Waals surface area contributed by atoms with Crippen LogP contribution in [0.4, 0.5) is 39.5 Å². The predicted molar refractivity (Wildman–Crippen MR) is 137 cm³/mol. The molecule has 1 atom stereocenters. The number of likely N-dealkylation sites (tertiary alicyclic amines) is 1. The van der Waals surface area contributed by atoms with E-state index in [1.807, 2.05) is 6.92 Å². The maximum absolute atomic E-state index is 13.7. The summed E-state index contributed by atoms with van der Waals surface area (Å²) in [6.07, 6.45) is -11.0.